The maximum atomic E-state index is 5.60. The fourth-order valence-electron chi connectivity index (χ4n) is 3.19. The lowest BCUT2D eigenvalue weighted by Crippen LogP contribution is -2.32. The molecule has 1 aromatic heterocycles. The Balaban J connectivity index is 1.44. The van der Waals surface area contributed by atoms with E-state index in [-0.39, 0.29) is 0 Å². The number of hydrogen-bond acceptors (Lipinski definition) is 3. The van der Waals surface area contributed by atoms with Crippen molar-refractivity contribution >= 4 is 34.1 Å². The minimum atomic E-state index is 0.549. The van der Waals surface area contributed by atoms with Gasteiger partial charge in [0, 0.05) is 37.1 Å². The predicted molar refractivity (Wildman–Crippen MR) is 101 cm³/mol. The summed E-state index contributed by atoms with van der Waals surface area (Å²) in [6, 6.07) is 16.6. The van der Waals surface area contributed by atoms with Crippen LogP contribution in [0.1, 0.15) is 17.9 Å². The van der Waals surface area contributed by atoms with Crippen molar-refractivity contribution in [3.05, 3.63) is 66.5 Å². The number of fused-ring (bicyclic) bond motifs is 1. The summed E-state index contributed by atoms with van der Waals surface area (Å²) >= 11 is 5.60. The van der Waals surface area contributed by atoms with Crippen LogP contribution in [0.25, 0.3) is 11.0 Å². The highest BCUT2D eigenvalue weighted by Crippen LogP contribution is 2.27. The average molecular weight is 334 g/mol. The van der Waals surface area contributed by atoms with Gasteiger partial charge in [-0.15, -0.1) is 0 Å². The first-order chi connectivity index (χ1) is 11.8. The van der Waals surface area contributed by atoms with Gasteiger partial charge in [-0.25, -0.2) is 0 Å². The van der Waals surface area contributed by atoms with Crippen molar-refractivity contribution in [1.29, 1.82) is 0 Å². The van der Waals surface area contributed by atoms with Gasteiger partial charge in [-0.3, -0.25) is 9.97 Å². The van der Waals surface area contributed by atoms with E-state index in [1.165, 1.54) is 5.56 Å². The monoisotopic (exact) mass is 334 g/mol. The Morgan fingerprint density at radius 1 is 1.04 bits per heavy atom. The summed E-state index contributed by atoms with van der Waals surface area (Å²) in [4.78, 5) is 10.9. The minimum absolute atomic E-state index is 0.549. The van der Waals surface area contributed by atoms with Crippen molar-refractivity contribution in [3.8, 4) is 0 Å². The number of nitrogens with zero attached hydrogens (tertiary/aromatic N) is 3. The zero-order chi connectivity index (χ0) is 16.4. The number of benzene rings is 2. The molecule has 1 saturated heterocycles. The highest BCUT2D eigenvalue weighted by molar-refractivity contribution is 7.80. The topological polar surface area (TPSA) is 41.1 Å². The molecule has 5 heteroatoms. The van der Waals surface area contributed by atoms with Gasteiger partial charge < -0.3 is 10.2 Å². The molecule has 2 aromatic carbocycles. The zero-order valence-electron chi connectivity index (χ0n) is 13.2. The molecule has 1 atom stereocenters. The summed E-state index contributed by atoms with van der Waals surface area (Å²) in [7, 11) is 0. The third kappa shape index (κ3) is 3.08. The summed E-state index contributed by atoms with van der Waals surface area (Å²) in [6.45, 7) is 1.95. The second-order valence-corrected chi connectivity index (χ2v) is 6.42. The molecule has 2 heterocycles. The number of aromatic nitrogens is 2. The first-order valence-corrected chi connectivity index (χ1v) is 8.52. The summed E-state index contributed by atoms with van der Waals surface area (Å²) in [5, 5.41) is 4.11. The van der Waals surface area contributed by atoms with Crippen LogP contribution >= 0.6 is 12.2 Å². The first-order valence-electron chi connectivity index (χ1n) is 8.11. The van der Waals surface area contributed by atoms with E-state index in [0.29, 0.717) is 5.92 Å². The van der Waals surface area contributed by atoms with Crippen molar-refractivity contribution in [3.63, 3.8) is 0 Å². The Kier molecular flexibility index (Phi) is 4.09. The molecule has 0 amide bonds. The molecular weight excluding hydrogens is 316 g/mol. The molecule has 1 aliphatic heterocycles. The SMILES string of the molecule is S=C(Nc1ccc2nccnc2c1)N1CC[C@H](c2ccccc2)C1. The summed E-state index contributed by atoms with van der Waals surface area (Å²) in [5.74, 6) is 0.549. The third-order valence-electron chi connectivity index (χ3n) is 4.47. The third-order valence-corrected chi connectivity index (χ3v) is 4.83. The number of thiocarbonyl (C=S) groups is 1. The lowest BCUT2D eigenvalue weighted by atomic mass is 9.99. The Morgan fingerprint density at radius 3 is 2.67 bits per heavy atom. The summed E-state index contributed by atoms with van der Waals surface area (Å²) < 4.78 is 0. The zero-order valence-corrected chi connectivity index (χ0v) is 14.0. The van der Waals surface area contributed by atoms with Crippen LogP contribution < -0.4 is 5.32 Å². The fourth-order valence-corrected chi connectivity index (χ4v) is 3.47. The van der Waals surface area contributed by atoms with Gasteiger partial charge in [-0.05, 0) is 42.4 Å². The smallest absolute Gasteiger partial charge is 0.173 e. The van der Waals surface area contributed by atoms with Gasteiger partial charge in [0.2, 0.25) is 0 Å². The Morgan fingerprint density at radius 2 is 1.83 bits per heavy atom. The molecule has 24 heavy (non-hydrogen) atoms. The van der Waals surface area contributed by atoms with Gasteiger partial charge in [-0.1, -0.05) is 30.3 Å². The molecule has 0 spiro atoms. The number of likely N-dealkylation sites (tertiary alicyclic amines) is 1. The van der Waals surface area contributed by atoms with Crippen molar-refractivity contribution in [2.24, 2.45) is 0 Å². The molecule has 3 aromatic rings. The molecule has 1 fully saturated rings. The van der Waals surface area contributed by atoms with Crippen molar-refractivity contribution in [2.45, 2.75) is 12.3 Å². The molecule has 4 rings (SSSR count). The van der Waals surface area contributed by atoms with Crippen LogP contribution in [0.5, 0.6) is 0 Å². The van der Waals surface area contributed by atoms with Crippen molar-refractivity contribution in [2.75, 3.05) is 18.4 Å². The van der Waals surface area contributed by atoms with E-state index < -0.39 is 0 Å². The van der Waals surface area contributed by atoms with Crippen LogP contribution in [0.2, 0.25) is 0 Å². The van der Waals surface area contributed by atoms with Gasteiger partial charge in [0.1, 0.15) is 0 Å². The number of anilines is 1. The van der Waals surface area contributed by atoms with Gasteiger partial charge in [0.05, 0.1) is 11.0 Å². The van der Waals surface area contributed by atoms with E-state index in [1.807, 2.05) is 18.2 Å². The summed E-state index contributed by atoms with van der Waals surface area (Å²) in [6.07, 6.45) is 4.54. The lowest BCUT2D eigenvalue weighted by molar-refractivity contribution is 0.518. The number of nitrogens with one attached hydrogen (secondary N) is 1. The molecule has 0 unspecified atom stereocenters. The quantitative estimate of drug-likeness (QED) is 0.722. The fraction of sp³-hybridized carbons (Fsp3) is 0.211. The molecule has 1 N–H and O–H groups in total. The van der Waals surface area contributed by atoms with Crippen LogP contribution in [0.4, 0.5) is 5.69 Å². The normalized spacial score (nSPS) is 17.2. The lowest BCUT2D eigenvalue weighted by Gasteiger charge is -2.21. The van der Waals surface area contributed by atoms with Crippen molar-refractivity contribution < 1.29 is 0 Å². The largest absolute Gasteiger partial charge is 0.348 e. The van der Waals surface area contributed by atoms with E-state index in [2.05, 4.69) is 50.5 Å². The van der Waals surface area contributed by atoms with E-state index in [1.54, 1.807) is 12.4 Å². The molecular formula is C19H18N4S. The van der Waals surface area contributed by atoms with Crippen molar-refractivity contribution in [1.82, 2.24) is 14.9 Å². The van der Waals surface area contributed by atoms with E-state index in [0.717, 1.165) is 41.3 Å². The number of rotatable bonds is 2. The molecule has 120 valence electrons. The van der Waals surface area contributed by atoms with Gasteiger partial charge >= 0.3 is 0 Å². The van der Waals surface area contributed by atoms with E-state index in [9.17, 15) is 0 Å². The highest BCUT2D eigenvalue weighted by atomic mass is 32.1. The van der Waals surface area contributed by atoms with Crippen LogP contribution in [0.15, 0.2) is 60.9 Å². The maximum absolute atomic E-state index is 5.60. The maximum Gasteiger partial charge on any atom is 0.173 e. The molecule has 0 radical (unpaired) electrons. The molecule has 0 bridgehead atoms. The van der Waals surface area contributed by atoms with Crippen LogP contribution in [-0.4, -0.2) is 33.1 Å². The second kappa shape index (κ2) is 6.53. The molecule has 1 aliphatic rings. The van der Waals surface area contributed by atoms with E-state index >= 15 is 0 Å². The summed E-state index contributed by atoms with van der Waals surface area (Å²) in [5.41, 5.74) is 4.10. The van der Waals surface area contributed by atoms with Gasteiger partial charge in [0.15, 0.2) is 5.11 Å². The second-order valence-electron chi connectivity index (χ2n) is 6.03. The molecule has 0 aliphatic carbocycles. The highest BCUT2D eigenvalue weighted by Gasteiger charge is 2.25. The van der Waals surface area contributed by atoms with Crippen LogP contribution in [-0.2, 0) is 0 Å². The van der Waals surface area contributed by atoms with Crippen LogP contribution in [0.3, 0.4) is 0 Å². The first kappa shape index (κ1) is 15.0. The number of hydrogen-bond donors (Lipinski definition) is 1. The Bertz CT molecular complexity index is 865. The molecule has 0 saturated carbocycles. The standard InChI is InChI=1S/C19H18N4S/c24-19(22-16-6-7-17-18(12-16)21-10-9-20-17)23-11-8-15(13-23)14-4-2-1-3-5-14/h1-7,9-10,12,15H,8,11,13H2,(H,22,24)/t15-/m0/s1. The minimum Gasteiger partial charge on any atom is -0.348 e. The predicted octanol–water partition coefficient (Wildman–Crippen LogP) is 3.82. The molecule has 4 nitrogen and oxygen atoms in total. The van der Waals surface area contributed by atoms with Crippen LogP contribution in [0, 0.1) is 0 Å². The van der Waals surface area contributed by atoms with Gasteiger partial charge in [0.25, 0.3) is 0 Å². The Hall–Kier alpha value is -2.53. The van der Waals surface area contributed by atoms with Gasteiger partial charge in [-0.2, -0.15) is 0 Å². The Labute approximate surface area is 146 Å². The van der Waals surface area contributed by atoms with E-state index in [4.69, 9.17) is 12.2 Å². The average Bonchev–Trinajstić information content (AvgIpc) is 3.13.